The minimum absolute atomic E-state index is 0.142. The van der Waals surface area contributed by atoms with Crippen LogP contribution in [0.1, 0.15) is 58.8 Å². The van der Waals surface area contributed by atoms with Gasteiger partial charge in [-0.3, -0.25) is 4.79 Å². The Labute approximate surface area is 111 Å². The summed E-state index contributed by atoms with van der Waals surface area (Å²) in [5, 5.41) is 6.64. The number of rotatable bonds is 5. The molecule has 1 unspecified atom stereocenters. The molecule has 0 bridgehead atoms. The lowest BCUT2D eigenvalue weighted by atomic mass is 9.67. The number of piperidine rings is 1. The summed E-state index contributed by atoms with van der Waals surface area (Å²) in [5.41, 5.74) is 0.281. The second-order valence-corrected chi connectivity index (χ2v) is 6.30. The largest absolute Gasteiger partial charge is 0.355 e. The van der Waals surface area contributed by atoms with E-state index in [0.29, 0.717) is 5.41 Å². The summed E-state index contributed by atoms with van der Waals surface area (Å²) < 4.78 is 0. The van der Waals surface area contributed by atoms with Gasteiger partial charge >= 0.3 is 0 Å². The van der Waals surface area contributed by atoms with Crippen LogP contribution in [0.25, 0.3) is 0 Å². The summed E-state index contributed by atoms with van der Waals surface area (Å²) in [7, 11) is 0. The average Bonchev–Trinajstić information content (AvgIpc) is 2.38. The Hall–Kier alpha value is -0.570. The van der Waals surface area contributed by atoms with Crippen molar-refractivity contribution < 1.29 is 4.79 Å². The van der Waals surface area contributed by atoms with E-state index in [4.69, 9.17) is 0 Å². The quantitative estimate of drug-likeness (QED) is 0.789. The van der Waals surface area contributed by atoms with Crippen molar-refractivity contribution in [2.45, 2.75) is 58.8 Å². The summed E-state index contributed by atoms with van der Waals surface area (Å²) in [6, 6.07) is 0. The van der Waals surface area contributed by atoms with E-state index in [1.54, 1.807) is 0 Å². The molecule has 1 aliphatic carbocycles. The zero-order valence-electron chi connectivity index (χ0n) is 12.0. The summed E-state index contributed by atoms with van der Waals surface area (Å²) in [6.45, 7) is 7.21. The van der Waals surface area contributed by atoms with Gasteiger partial charge in [0, 0.05) is 13.1 Å². The molecule has 104 valence electrons. The minimum Gasteiger partial charge on any atom is -0.355 e. The van der Waals surface area contributed by atoms with E-state index in [0.717, 1.165) is 38.9 Å². The number of carbonyl (C=O) groups excluding carboxylic acids is 1. The number of amides is 1. The second kappa shape index (κ2) is 5.60. The molecular formula is C15H28N2O. The van der Waals surface area contributed by atoms with Crippen molar-refractivity contribution >= 4 is 5.91 Å². The fourth-order valence-corrected chi connectivity index (χ4v) is 3.41. The maximum atomic E-state index is 12.5. The first kappa shape index (κ1) is 13.9. The zero-order valence-corrected chi connectivity index (χ0v) is 12.0. The third-order valence-electron chi connectivity index (χ3n) is 5.42. The molecule has 0 radical (unpaired) electrons. The van der Waals surface area contributed by atoms with Gasteiger partial charge in [-0.1, -0.05) is 20.3 Å². The van der Waals surface area contributed by atoms with Gasteiger partial charge in [-0.25, -0.2) is 0 Å². The highest BCUT2D eigenvalue weighted by atomic mass is 16.2. The van der Waals surface area contributed by atoms with Crippen LogP contribution in [0, 0.1) is 10.8 Å². The van der Waals surface area contributed by atoms with Crippen molar-refractivity contribution in [1.82, 2.24) is 10.6 Å². The van der Waals surface area contributed by atoms with Crippen LogP contribution in [0.15, 0.2) is 0 Å². The topological polar surface area (TPSA) is 41.1 Å². The maximum Gasteiger partial charge on any atom is 0.227 e. The monoisotopic (exact) mass is 252 g/mol. The molecule has 2 rings (SSSR count). The van der Waals surface area contributed by atoms with Crippen LogP contribution >= 0.6 is 0 Å². The molecule has 0 spiro atoms. The molecule has 3 nitrogen and oxygen atoms in total. The van der Waals surface area contributed by atoms with Gasteiger partial charge < -0.3 is 10.6 Å². The molecule has 2 fully saturated rings. The fraction of sp³-hybridized carbons (Fsp3) is 0.933. The van der Waals surface area contributed by atoms with E-state index in [9.17, 15) is 4.79 Å². The average molecular weight is 252 g/mol. The van der Waals surface area contributed by atoms with Crippen molar-refractivity contribution in [3.63, 3.8) is 0 Å². The van der Waals surface area contributed by atoms with Crippen molar-refractivity contribution in [2.24, 2.45) is 10.8 Å². The minimum atomic E-state index is -0.142. The maximum absolute atomic E-state index is 12.5. The van der Waals surface area contributed by atoms with E-state index in [1.165, 1.54) is 25.7 Å². The smallest absolute Gasteiger partial charge is 0.227 e. The molecule has 3 heteroatoms. The summed E-state index contributed by atoms with van der Waals surface area (Å²) in [4.78, 5) is 12.5. The number of hydrogen-bond acceptors (Lipinski definition) is 2. The van der Waals surface area contributed by atoms with E-state index in [1.807, 2.05) is 0 Å². The highest BCUT2D eigenvalue weighted by molar-refractivity contribution is 5.83. The predicted octanol–water partition coefficient (Wildman–Crippen LogP) is 2.46. The molecular weight excluding hydrogens is 224 g/mol. The Morgan fingerprint density at radius 2 is 1.94 bits per heavy atom. The first-order chi connectivity index (χ1) is 8.66. The molecule has 18 heavy (non-hydrogen) atoms. The zero-order chi connectivity index (χ0) is 13.1. The second-order valence-electron chi connectivity index (χ2n) is 6.30. The predicted molar refractivity (Wildman–Crippen MR) is 74.4 cm³/mol. The van der Waals surface area contributed by atoms with Crippen LogP contribution in [0.5, 0.6) is 0 Å². The Balaban J connectivity index is 1.89. The molecule has 1 saturated heterocycles. The van der Waals surface area contributed by atoms with E-state index in [2.05, 4.69) is 24.5 Å². The van der Waals surface area contributed by atoms with Crippen LogP contribution in [0.4, 0.5) is 0 Å². The summed E-state index contributed by atoms with van der Waals surface area (Å²) >= 11 is 0. The van der Waals surface area contributed by atoms with Crippen molar-refractivity contribution in [2.75, 3.05) is 19.6 Å². The third kappa shape index (κ3) is 2.56. The van der Waals surface area contributed by atoms with Crippen LogP contribution in [-0.2, 0) is 4.79 Å². The van der Waals surface area contributed by atoms with Gasteiger partial charge in [-0.05, 0) is 50.5 Å². The SMILES string of the molecule is CCC1(CNC(=O)C2(CC)CCCNC2)CCC1. The van der Waals surface area contributed by atoms with Gasteiger partial charge in [0.25, 0.3) is 0 Å². The molecule has 0 aromatic heterocycles. The van der Waals surface area contributed by atoms with Gasteiger partial charge in [-0.15, -0.1) is 0 Å². The lowest BCUT2D eigenvalue weighted by molar-refractivity contribution is -0.133. The van der Waals surface area contributed by atoms with Crippen LogP contribution in [0.2, 0.25) is 0 Å². The summed E-state index contributed by atoms with van der Waals surface area (Å²) in [6.07, 6.45) is 8.24. The Kier molecular flexibility index (Phi) is 4.31. The standard InChI is InChI=1S/C15H28N2O/c1-3-14(7-5-8-14)11-17-13(18)15(4-2)9-6-10-16-12-15/h16H,3-12H2,1-2H3,(H,17,18). The van der Waals surface area contributed by atoms with E-state index in [-0.39, 0.29) is 11.3 Å². The summed E-state index contributed by atoms with van der Waals surface area (Å²) in [5.74, 6) is 0.289. The van der Waals surface area contributed by atoms with E-state index < -0.39 is 0 Å². The Bertz CT molecular complexity index is 285. The number of carbonyl (C=O) groups is 1. The third-order valence-corrected chi connectivity index (χ3v) is 5.42. The highest BCUT2D eigenvalue weighted by Crippen LogP contribution is 2.43. The molecule has 1 saturated carbocycles. The van der Waals surface area contributed by atoms with Gasteiger partial charge in [0.05, 0.1) is 5.41 Å². The Morgan fingerprint density at radius 1 is 1.17 bits per heavy atom. The lowest BCUT2D eigenvalue weighted by Crippen LogP contribution is -2.52. The van der Waals surface area contributed by atoms with Crippen LogP contribution in [-0.4, -0.2) is 25.5 Å². The lowest BCUT2D eigenvalue weighted by Gasteiger charge is -2.43. The van der Waals surface area contributed by atoms with Crippen molar-refractivity contribution in [3.8, 4) is 0 Å². The Morgan fingerprint density at radius 3 is 2.39 bits per heavy atom. The van der Waals surface area contributed by atoms with Gasteiger partial charge in [0.2, 0.25) is 5.91 Å². The van der Waals surface area contributed by atoms with Crippen LogP contribution in [0.3, 0.4) is 0 Å². The molecule has 0 aromatic carbocycles. The number of nitrogens with one attached hydrogen (secondary N) is 2. The van der Waals surface area contributed by atoms with Gasteiger partial charge in [-0.2, -0.15) is 0 Å². The first-order valence-electron chi connectivity index (χ1n) is 7.65. The molecule has 1 heterocycles. The molecule has 1 aliphatic heterocycles. The molecule has 0 aromatic rings. The van der Waals surface area contributed by atoms with Crippen molar-refractivity contribution in [1.29, 1.82) is 0 Å². The molecule has 1 amide bonds. The van der Waals surface area contributed by atoms with E-state index >= 15 is 0 Å². The molecule has 1 atom stereocenters. The normalized spacial score (nSPS) is 30.6. The van der Waals surface area contributed by atoms with Gasteiger partial charge in [0.15, 0.2) is 0 Å². The number of hydrogen-bond donors (Lipinski definition) is 2. The molecule has 2 N–H and O–H groups in total. The fourth-order valence-electron chi connectivity index (χ4n) is 3.41. The molecule has 2 aliphatic rings. The van der Waals surface area contributed by atoms with Crippen LogP contribution < -0.4 is 10.6 Å². The first-order valence-corrected chi connectivity index (χ1v) is 7.65. The van der Waals surface area contributed by atoms with Crippen molar-refractivity contribution in [3.05, 3.63) is 0 Å². The van der Waals surface area contributed by atoms with Gasteiger partial charge in [0.1, 0.15) is 0 Å². The highest BCUT2D eigenvalue weighted by Gasteiger charge is 2.40.